The minimum Gasteiger partial charge on any atom is -0.375 e. The van der Waals surface area contributed by atoms with E-state index >= 15 is 0 Å². The molecule has 5 nitrogen and oxygen atoms in total. The Kier molecular flexibility index (Phi) is 6.04. The van der Waals surface area contributed by atoms with Crippen LogP contribution in [0.2, 0.25) is 0 Å². The average molecular weight is 335 g/mol. The van der Waals surface area contributed by atoms with E-state index < -0.39 is 0 Å². The lowest BCUT2D eigenvalue weighted by Gasteiger charge is -2.26. The second kappa shape index (κ2) is 8.44. The van der Waals surface area contributed by atoms with Gasteiger partial charge in [-0.15, -0.1) is 0 Å². The lowest BCUT2D eigenvalue weighted by Crippen LogP contribution is -2.35. The van der Waals surface area contributed by atoms with Gasteiger partial charge in [0.1, 0.15) is 5.82 Å². The smallest absolute Gasteiger partial charge is 0.321 e. The van der Waals surface area contributed by atoms with Crippen LogP contribution < -0.4 is 5.32 Å². The number of hydrogen-bond donors (Lipinski definition) is 1. The van der Waals surface area contributed by atoms with Gasteiger partial charge in [-0.05, 0) is 50.6 Å². The monoisotopic (exact) mass is 335 g/mol. The van der Waals surface area contributed by atoms with Crippen molar-refractivity contribution in [3.05, 3.63) is 30.1 Å². The molecule has 2 fully saturated rings. The zero-order valence-corrected chi connectivity index (χ0v) is 14.0. The molecule has 0 aromatic heterocycles. The number of rotatable bonds is 5. The van der Waals surface area contributed by atoms with Gasteiger partial charge in [0.05, 0.1) is 12.7 Å². The fourth-order valence-electron chi connectivity index (χ4n) is 3.35. The Morgan fingerprint density at radius 1 is 1.25 bits per heavy atom. The standard InChI is InChI=1S/C18H26FN3O2/c19-15-5-4-6-16(13-15)20-18(23)22-10-7-17(14-22)24-12-11-21-8-2-1-3-9-21/h4-6,13,17H,1-3,7-12,14H2,(H,20,23). The molecule has 132 valence electrons. The van der Waals surface area contributed by atoms with Crippen LogP contribution in [0.15, 0.2) is 24.3 Å². The van der Waals surface area contributed by atoms with Crippen LogP contribution in [0.3, 0.4) is 0 Å². The number of urea groups is 1. The van der Waals surface area contributed by atoms with Crippen LogP contribution in [0.4, 0.5) is 14.9 Å². The van der Waals surface area contributed by atoms with Crippen LogP contribution in [-0.2, 0) is 4.74 Å². The number of carbonyl (C=O) groups excluding carboxylic acids is 1. The molecule has 24 heavy (non-hydrogen) atoms. The molecular formula is C18H26FN3O2. The molecule has 2 heterocycles. The molecule has 2 amide bonds. The number of nitrogens with one attached hydrogen (secondary N) is 1. The molecule has 1 N–H and O–H groups in total. The number of benzene rings is 1. The maximum absolute atomic E-state index is 13.2. The minimum absolute atomic E-state index is 0.105. The van der Waals surface area contributed by atoms with Gasteiger partial charge in [-0.3, -0.25) is 0 Å². The maximum atomic E-state index is 13.2. The highest BCUT2D eigenvalue weighted by Crippen LogP contribution is 2.16. The van der Waals surface area contributed by atoms with Crippen LogP contribution >= 0.6 is 0 Å². The molecule has 0 saturated carbocycles. The fourth-order valence-corrected chi connectivity index (χ4v) is 3.35. The summed E-state index contributed by atoms with van der Waals surface area (Å²) in [7, 11) is 0. The van der Waals surface area contributed by atoms with E-state index in [1.165, 1.54) is 44.5 Å². The van der Waals surface area contributed by atoms with E-state index in [1.54, 1.807) is 17.0 Å². The molecule has 0 bridgehead atoms. The third-order valence-electron chi connectivity index (χ3n) is 4.72. The summed E-state index contributed by atoms with van der Waals surface area (Å²) in [4.78, 5) is 16.4. The summed E-state index contributed by atoms with van der Waals surface area (Å²) in [5, 5.41) is 2.74. The van der Waals surface area contributed by atoms with Crippen molar-refractivity contribution in [2.24, 2.45) is 0 Å². The van der Waals surface area contributed by atoms with E-state index in [0.29, 0.717) is 18.8 Å². The molecule has 1 aromatic carbocycles. The molecule has 1 aromatic rings. The molecule has 2 saturated heterocycles. The normalized spacial score (nSPS) is 21.9. The molecular weight excluding hydrogens is 309 g/mol. The number of nitrogens with zero attached hydrogens (tertiary/aromatic N) is 2. The number of halogens is 1. The lowest BCUT2D eigenvalue weighted by atomic mass is 10.1. The van der Waals surface area contributed by atoms with Crippen LogP contribution in [0.25, 0.3) is 0 Å². The van der Waals surface area contributed by atoms with Gasteiger partial charge in [0.25, 0.3) is 0 Å². The summed E-state index contributed by atoms with van der Waals surface area (Å²) in [6, 6.07) is 5.76. The van der Waals surface area contributed by atoms with E-state index in [9.17, 15) is 9.18 Å². The van der Waals surface area contributed by atoms with Gasteiger partial charge in [0.2, 0.25) is 0 Å². The second-order valence-corrected chi connectivity index (χ2v) is 6.57. The van der Waals surface area contributed by atoms with Crippen molar-refractivity contribution in [1.29, 1.82) is 0 Å². The highest BCUT2D eigenvalue weighted by molar-refractivity contribution is 5.89. The number of piperidine rings is 1. The number of anilines is 1. The molecule has 0 radical (unpaired) electrons. The van der Waals surface area contributed by atoms with Crippen molar-refractivity contribution >= 4 is 11.7 Å². The fraction of sp³-hybridized carbons (Fsp3) is 0.611. The maximum Gasteiger partial charge on any atom is 0.321 e. The number of carbonyl (C=O) groups is 1. The number of likely N-dealkylation sites (tertiary alicyclic amines) is 2. The molecule has 1 unspecified atom stereocenters. The Hall–Kier alpha value is -1.66. The second-order valence-electron chi connectivity index (χ2n) is 6.57. The zero-order valence-electron chi connectivity index (χ0n) is 14.0. The van der Waals surface area contributed by atoms with E-state index in [2.05, 4.69) is 10.2 Å². The zero-order chi connectivity index (χ0) is 16.8. The highest BCUT2D eigenvalue weighted by atomic mass is 19.1. The molecule has 0 aliphatic carbocycles. The lowest BCUT2D eigenvalue weighted by molar-refractivity contribution is 0.0416. The topological polar surface area (TPSA) is 44.8 Å². The van der Waals surface area contributed by atoms with Gasteiger partial charge in [-0.25, -0.2) is 9.18 Å². The summed E-state index contributed by atoms with van der Waals surface area (Å²) in [5.41, 5.74) is 0.481. The molecule has 0 spiro atoms. The number of ether oxygens (including phenoxy) is 1. The predicted octanol–water partition coefficient (Wildman–Crippen LogP) is 2.93. The largest absolute Gasteiger partial charge is 0.375 e. The minimum atomic E-state index is -0.354. The van der Waals surface area contributed by atoms with Crippen molar-refractivity contribution in [1.82, 2.24) is 9.80 Å². The SMILES string of the molecule is O=C(Nc1cccc(F)c1)N1CCC(OCCN2CCCCC2)C1. The first-order chi connectivity index (χ1) is 11.7. The van der Waals surface area contributed by atoms with E-state index in [1.807, 2.05) is 0 Å². The van der Waals surface area contributed by atoms with E-state index in [0.717, 1.165) is 19.6 Å². The Labute approximate surface area is 142 Å². The summed E-state index contributed by atoms with van der Waals surface area (Å²) >= 11 is 0. The van der Waals surface area contributed by atoms with Gasteiger partial charge < -0.3 is 19.9 Å². The van der Waals surface area contributed by atoms with Gasteiger partial charge in [-0.2, -0.15) is 0 Å². The molecule has 6 heteroatoms. The number of amides is 2. The van der Waals surface area contributed by atoms with Crippen LogP contribution in [0.5, 0.6) is 0 Å². The molecule has 2 aliphatic rings. The van der Waals surface area contributed by atoms with Gasteiger partial charge >= 0.3 is 6.03 Å². The van der Waals surface area contributed by atoms with Crippen LogP contribution in [0.1, 0.15) is 25.7 Å². The van der Waals surface area contributed by atoms with Crippen molar-refractivity contribution in [3.63, 3.8) is 0 Å². The Morgan fingerprint density at radius 3 is 2.88 bits per heavy atom. The van der Waals surface area contributed by atoms with Crippen LogP contribution in [0, 0.1) is 5.82 Å². The summed E-state index contributed by atoms with van der Waals surface area (Å²) < 4.78 is 19.1. The molecule has 3 rings (SSSR count). The van der Waals surface area contributed by atoms with Gasteiger partial charge in [-0.1, -0.05) is 12.5 Å². The molecule has 1 atom stereocenters. The predicted molar refractivity (Wildman–Crippen MR) is 91.6 cm³/mol. The molecule has 2 aliphatic heterocycles. The van der Waals surface area contributed by atoms with E-state index in [-0.39, 0.29) is 18.0 Å². The van der Waals surface area contributed by atoms with Crippen molar-refractivity contribution in [3.8, 4) is 0 Å². The van der Waals surface area contributed by atoms with Gasteiger partial charge in [0.15, 0.2) is 0 Å². The Bertz CT molecular complexity index is 549. The first-order valence-corrected chi connectivity index (χ1v) is 8.86. The number of hydrogen-bond acceptors (Lipinski definition) is 3. The first kappa shape index (κ1) is 17.2. The summed E-state index contributed by atoms with van der Waals surface area (Å²) in [6.07, 6.45) is 4.88. The third-order valence-corrected chi connectivity index (χ3v) is 4.72. The highest BCUT2D eigenvalue weighted by Gasteiger charge is 2.27. The van der Waals surface area contributed by atoms with Crippen molar-refractivity contribution in [2.45, 2.75) is 31.8 Å². The quantitative estimate of drug-likeness (QED) is 0.900. The van der Waals surface area contributed by atoms with Crippen molar-refractivity contribution < 1.29 is 13.9 Å². The van der Waals surface area contributed by atoms with Crippen molar-refractivity contribution in [2.75, 3.05) is 44.6 Å². The van der Waals surface area contributed by atoms with Crippen LogP contribution in [-0.4, -0.2) is 61.3 Å². The average Bonchev–Trinajstić information content (AvgIpc) is 3.05. The summed E-state index contributed by atoms with van der Waals surface area (Å²) in [6.45, 7) is 5.33. The Balaban J connectivity index is 1.37. The Morgan fingerprint density at radius 2 is 2.08 bits per heavy atom. The summed E-state index contributed by atoms with van der Waals surface area (Å²) in [5.74, 6) is -0.354. The first-order valence-electron chi connectivity index (χ1n) is 8.86. The third kappa shape index (κ3) is 4.92. The van der Waals surface area contributed by atoms with E-state index in [4.69, 9.17) is 4.74 Å². The van der Waals surface area contributed by atoms with Gasteiger partial charge in [0, 0.05) is 25.3 Å².